The predicted octanol–water partition coefficient (Wildman–Crippen LogP) is 1.85. The number of fused-ring (bicyclic) bond motifs is 1. The summed E-state index contributed by atoms with van der Waals surface area (Å²) in [6.45, 7) is 2.65. The minimum Gasteiger partial charge on any atom is -0.508 e. The number of β-amino-alcohol motifs (C(OH)–C–C–N with tert-alkyl or cyclic N) is 1. The molecule has 1 aliphatic heterocycles. The molecule has 0 bridgehead atoms. The molecule has 2 atom stereocenters. The maximum absolute atomic E-state index is 9.82. The molecule has 2 N–H and O–H groups in total. The van der Waals surface area contributed by atoms with Gasteiger partial charge in [-0.05, 0) is 25.6 Å². The molecular formula is C11H16ClNO2. The average Bonchev–Trinajstić information content (AvgIpc) is 2.14. The maximum Gasteiger partial charge on any atom is 0.120 e. The van der Waals surface area contributed by atoms with Gasteiger partial charge in [-0.3, -0.25) is 4.90 Å². The van der Waals surface area contributed by atoms with E-state index in [1.165, 1.54) is 0 Å². The zero-order chi connectivity index (χ0) is 10.3. The van der Waals surface area contributed by atoms with Gasteiger partial charge >= 0.3 is 0 Å². The third-order valence-electron chi connectivity index (χ3n) is 3.02. The molecule has 0 aliphatic carbocycles. The minimum absolute atomic E-state index is 0. The number of likely N-dealkylation sites (N-methyl/N-ethyl adjacent to an activating group) is 1. The van der Waals surface area contributed by atoms with Crippen LogP contribution < -0.4 is 0 Å². The summed E-state index contributed by atoms with van der Waals surface area (Å²) in [4.78, 5) is 2.03. The molecule has 1 heterocycles. The van der Waals surface area contributed by atoms with E-state index in [2.05, 4.69) is 0 Å². The van der Waals surface area contributed by atoms with Crippen molar-refractivity contribution in [1.29, 1.82) is 0 Å². The molecule has 0 radical (unpaired) electrons. The van der Waals surface area contributed by atoms with Crippen LogP contribution in [-0.4, -0.2) is 28.7 Å². The van der Waals surface area contributed by atoms with Crippen LogP contribution in [0.3, 0.4) is 0 Å². The molecule has 1 aliphatic rings. The summed E-state index contributed by atoms with van der Waals surface area (Å²) in [6.07, 6.45) is -0.488. The van der Waals surface area contributed by atoms with Crippen LogP contribution >= 0.6 is 12.4 Å². The first-order chi connectivity index (χ1) is 6.61. The molecule has 15 heavy (non-hydrogen) atoms. The van der Waals surface area contributed by atoms with Crippen LogP contribution in [-0.2, 0) is 0 Å². The lowest BCUT2D eigenvalue weighted by molar-refractivity contribution is 0.0875. The largest absolute Gasteiger partial charge is 0.508 e. The zero-order valence-electron chi connectivity index (χ0n) is 8.84. The Balaban J connectivity index is 0.00000112. The van der Waals surface area contributed by atoms with Crippen molar-refractivity contribution in [3.05, 3.63) is 29.3 Å². The van der Waals surface area contributed by atoms with Crippen molar-refractivity contribution in [2.75, 3.05) is 13.6 Å². The molecule has 0 aromatic heterocycles. The van der Waals surface area contributed by atoms with Gasteiger partial charge in [0.2, 0.25) is 0 Å². The number of aliphatic hydroxyl groups excluding tert-OH is 1. The third-order valence-corrected chi connectivity index (χ3v) is 3.02. The molecule has 0 fully saturated rings. The van der Waals surface area contributed by atoms with Crippen molar-refractivity contribution in [1.82, 2.24) is 4.90 Å². The molecule has 1 aromatic carbocycles. The van der Waals surface area contributed by atoms with Crippen LogP contribution in [0.25, 0.3) is 0 Å². The molecule has 4 heteroatoms. The minimum atomic E-state index is -0.488. The van der Waals surface area contributed by atoms with Crippen LogP contribution in [0.1, 0.15) is 30.2 Å². The van der Waals surface area contributed by atoms with Crippen molar-refractivity contribution >= 4 is 12.4 Å². The summed E-state index contributed by atoms with van der Waals surface area (Å²) in [5, 5.41) is 19.5. The van der Waals surface area contributed by atoms with Crippen molar-refractivity contribution in [2.24, 2.45) is 0 Å². The van der Waals surface area contributed by atoms with Gasteiger partial charge in [0, 0.05) is 18.2 Å². The number of nitrogens with zero attached hydrogens (tertiary/aromatic N) is 1. The number of halogens is 1. The summed E-state index contributed by atoms with van der Waals surface area (Å²) in [7, 11) is 1.95. The quantitative estimate of drug-likeness (QED) is 0.714. The van der Waals surface area contributed by atoms with Crippen LogP contribution in [0.5, 0.6) is 5.75 Å². The van der Waals surface area contributed by atoms with Gasteiger partial charge in [0.25, 0.3) is 0 Å². The summed E-state index contributed by atoms with van der Waals surface area (Å²) >= 11 is 0. The molecule has 3 nitrogen and oxygen atoms in total. The Hall–Kier alpha value is -0.770. The summed E-state index contributed by atoms with van der Waals surface area (Å²) in [5.41, 5.74) is 1.71. The Kier molecular flexibility index (Phi) is 3.60. The number of hydrogen-bond acceptors (Lipinski definition) is 3. The molecule has 1 aromatic rings. The Morgan fingerprint density at radius 1 is 1.40 bits per heavy atom. The van der Waals surface area contributed by atoms with E-state index in [0.29, 0.717) is 6.54 Å². The van der Waals surface area contributed by atoms with Crippen molar-refractivity contribution in [3.63, 3.8) is 0 Å². The number of phenols is 1. The summed E-state index contributed by atoms with van der Waals surface area (Å²) in [6, 6.07) is 5.48. The van der Waals surface area contributed by atoms with Gasteiger partial charge in [-0.1, -0.05) is 12.1 Å². The Labute approximate surface area is 95.8 Å². The van der Waals surface area contributed by atoms with Gasteiger partial charge in [-0.15, -0.1) is 12.4 Å². The highest BCUT2D eigenvalue weighted by Gasteiger charge is 2.28. The number of phenolic OH excluding ortho intramolecular Hbond substituents is 1. The van der Waals surface area contributed by atoms with E-state index in [1.807, 2.05) is 24.9 Å². The molecule has 1 unspecified atom stereocenters. The maximum atomic E-state index is 9.82. The summed E-state index contributed by atoms with van der Waals surface area (Å²) < 4.78 is 0. The fourth-order valence-corrected chi connectivity index (χ4v) is 2.07. The van der Waals surface area contributed by atoms with Crippen LogP contribution in [0.2, 0.25) is 0 Å². The monoisotopic (exact) mass is 229 g/mol. The van der Waals surface area contributed by atoms with E-state index in [4.69, 9.17) is 0 Å². The van der Waals surface area contributed by atoms with Gasteiger partial charge < -0.3 is 10.2 Å². The van der Waals surface area contributed by atoms with Gasteiger partial charge in [-0.2, -0.15) is 0 Å². The van der Waals surface area contributed by atoms with E-state index in [0.717, 1.165) is 11.1 Å². The highest BCUT2D eigenvalue weighted by Crippen LogP contribution is 2.38. The molecule has 0 spiro atoms. The Morgan fingerprint density at radius 2 is 2.07 bits per heavy atom. The fraction of sp³-hybridized carbons (Fsp3) is 0.455. The second kappa shape index (κ2) is 4.39. The molecule has 0 amide bonds. The van der Waals surface area contributed by atoms with E-state index < -0.39 is 6.10 Å². The normalized spacial score (nSPS) is 25.5. The first-order valence-corrected chi connectivity index (χ1v) is 4.81. The van der Waals surface area contributed by atoms with Crippen LogP contribution in [0.4, 0.5) is 0 Å². The highest BCUT2D eigenvalue weighted by molar-refractivity contribution is 5.85. The SMILES string of the molecule is CC1c2c(O)cccc2[C@@H](O)CN1C.Cl. The molecule has 0 saturated carbocycles. The van der Waals surface area contributed by atoms with E-state index in [-0.39, 0.29) is 24.2 Å². The first-order valence-electron chi connectivity index (χ1n) is 4.81. The average molecular weight is 230 g/mol. The number of benzene rings is 1. The molecule has 0 saturated heterocycles. The van der Waals surface area contributed by atoms with Crippen molar-refractivity contribution in [3.8, 4) is 5.75 Å². The number of aromatic hydroxyl groups is 1. The van der Waals surface area contributed by atoms with Gasteiger partial charge in [0.05, 0.1) is 6.10 Å². The Morgan fingerprint density at radius 3 is 2.73 bits per heavy atom. The van der Waals surface area contributed by atoms with Crippen molar-refractivity contribution < 1.29 is 10.2 Å². The fourth-order valence-electron chi connectivity index (χ4n) is 2.07. The van der Waals surface area contributed by atoms with Crippen molar-refractivity contribution in [2.45, 2.75) is 19.1 Å². The number of rotatable bonds is 0. The number of hydrogen-bond donors (Lipinski definition) is 2. The smallest absolute Gasteiger partial charge is 0.120 e. The Bertz CT molecular complexity index is 356. The lowest BCUT2D eigenvalue weighted by Gasteiger charge is -2.35. The van der Waals surface area contributed by atoms with E-state index >= 15 is 0 Å². The van der Waals surface area contributed by atoms with Crippen LogP contribution in [0.15, 0.2) is 18.2 Å². The highest BCUT2D eigenvalue weighted by atomic mass is 35.5. The lowest BCUT2D eigenvalue weighted by Crippen LogP contribution is -2.33. The molecule has 2 rings (SSSR count). The second-order valence-electron chi connectivity index (χ2n) is 3.91. The predicted molar refractivity (Wildman–Crippen MR) is 61.4 cm³/mol. The lowest BCUT2D eigenvalue weighted by atomic mass is 9.91. The van der Waals surface area contributed by atoms with Gasteiger partial charge in [-0.25, -0.2) is 0 Å². The third kappa shape index (κ3) is 1.95. The van der Waals surface area contributed by atoms with Crippen LogP contribution in [0, 0.1) is 0 Å². The molecule has 84 valence electrons. The first kappa shape index (κ1) is 12.3. The summed E-state index contributed by atoms with van der Waals surface area (Å²) in [5.74, 6) is 0.278. The van der Waals surface area contributed by atoms with Gasteiger partial charge in [0.1, 0.15) is 5.75 Å². The van der Waals surface area contributed by atoms with E-state index in [1.54, 1.807) is 12.1 Å². The molecular weight excluding hydrogens is 214 g/mol. The second-order valence-corrected chi connectivity index (χ2v) is 3.91. The zero-order valence-corrected chi connectivity index (χ0v) is 9.66. The standard InChI is InChI=1S/C11H15NO2.ClH/c1-7-11-8(4-3-5-9(11)13)10(14)6-12(7)2;/h3-5,7,10,13-14H,6H2,1-2H3;1H/t7?,10-;/m0./s1. The number of aliphatic hydroxyl groups is 1. The topological polar surface area (TPSA) is 43.7 Å². The van der Waals surface area contributed by atoms with E-state index in [9.17, 15) is 10.2 Å². The van der Waals surface area contributed by atoms with Gasteiger partial charge in [0.15, 0.2) is 0 Å².